The number of hydrogen-bond acceptors (Lipinski definition) is 5. The molecule has 20 heavy (non-hydrogen) atoms. The Balaban J connectivity index is 2.11. The maximum atomic E-state index is 9.39. The van der Waals surface area contributed by atoms with E-state index >= 15 is 0 Å². The van der Waals surface area contributed by atoms with Crippen LogP contribution in [0.5, 0.6) is 0 Å². The fourth-order valence-electron chi connectivity index (χ4n) is 1.96. The summed E-state index contributed by atoms with van der Waals surface area (Å²) in [6, 6.07) is 11.2. The number of hydrogen-bond donors (Lipinski definition) is 0. The standard InChI is InChI=1S/C14H9ClN4O/c1-8-6-11(19-14(15)17-8)9(7-16)13-18-10-4-2-3-5-12(10)20-13/h2-6,9H,1H3. The summed E-state index contributed by atoms with van der Waals surface area (Å²) in [5, 5.41) is 9.49. The number of aromatic nitrogens is 3. The van der Waals surface area contributed by atoms with Crippen LogP contribution in [-0.4, -0.2) is 15.0 Å². The average Bonchev–Trinajstić information content (AvgIpc) is 2.81. The highest BCUT2D eigenvalue weighted by Gasteiger charge is 2.22. The molecule has 98 valence electrons. The van der Waals surface area contributed by atoms with Gasteiger partial charge in [0.25, 0.3) is 0 Å². The van der Waals surface area contributed by atoms with Crippen molar-refractivity contribution in [2.75, 3.05) is 0 Å². The van der Waals surface area contributed by atoms with Gasteiger partial charge in [0.1, 0.15) is 5.52 Å². The van der Waals surface area contributed by atoms with E-state index in [0.29, 0.717) is 28.4 Å². The molecule has 0 aliphatic rings. The molecule has 0 saturated carbocycles. The second kappa shape index (κ2) is 4.91. The van der Waals surface area contributed by atoms with Crippen LogP contribution in [0.1, 0.15) is 23.2 Å². The van der Waals surface area contributed by atoms with Gasteiger partial charge < -0.3 is 4.42 Å². The van der Waals surface area contributed by atoms with E-state index in [-0.39, 0.29) is 5.28 Å². The molecule has 0 radical (unpaired) electrons. The van der Waals surface area contributed by atoms with Crippen molar-refractivity contribution >= 4 is 22.7 Å². The maximum absolute atomic E-state index is 9.39. The summed E-state index contributed by atoms with van der Waals surface area (Å²) in [7, 11) is 0. The third-order valence-corrected chi connectivity index (χ3v) is 3.00. The molecule has 6 heteroatoms. The van der Waals surface area contributed by atoms with Crippen molar-refractivity contribution in [3.05, 3.63) is 52.9 Å². The van der Waals surface area contributed by atoms with E-state index in [1.54, 1.807) is 19.1 Å². The lowest BCUT2D eigenvalue weighted by Gasteiger charge is -2.05. The summed E-state index contributed by atoms with van der Waals surface area (Å²) < 4.78 is 5.62. The van der Waals surface area contributed by atoms with Crippen LogP contribution >= 0.6 is 11.6 Å². The molecule has 1 atom stereocenters. The Morgan fingerprint density at radius 3 is 2.75 bits per heavy atom. The van der Waals surface area contributed by atoms with Crippen LogP contribution in [0.4, 0.5) is 0 Å². The zero-order valence-electron chi connectivity index (χ0n) is 10.5. The van der Waals surface area contributed by atoms with Crippen molar-refractivity contribution in [3.8, 4) is 6.07 Å². The van der Waals surface area contributed by atoms with Crippen molar-refractivity contribution in [1.82, 2.24) is 15.0 Å². The number of oxazole rings is 1. The van der Waals surface area contributed by atoms with Crippen molar-refractivity contribution in [2.45, 2.75) is 12.8 Å². The minimum atomic E-state index is -0.707. The molecule has 0 N–H and O–H groups in total. The van der Waals surface area contributed by atoms with Gasteiger partial charge in [-0.15, -0.1) is 0 Å². The summed E-state index contributed by atoms with van der Waals surface area (Å²) in [6.45, 7) is 1.79. The molecule has 0 spiro atoms. The zero-order chi connectivity index (χ0) is 14.1. The lowest BCUT2D eigenvalue weighted by Crippen LogP contribution is -2.03. The van der Waals surface area contributed by atoms with Gasteiger partial charge in [-0.3, -0.25) is 0 Å². The van der Waals surface area contributed by atoms with Crippen LogP contribution in [0.25, 0.3) is 11.1 Å². The number of nitriles is 1. The molecule has 0 aliphatic carbocycles. The fourth-order valence-corrected chi connectivity index (χ4v) is 2.20. The summed E-state index contributed by atoms with van der Waals surface area (Å²) in [5.41, 5.74) is 2.52. The number of para-hydroxylation sites is 2. The summed E-state index contributed by atoms with van der Waals surface area (Å²) in [5.74, 6) is -0.399. The highest BCUT2D eigenvalue weighted by Crippen LogP contribution is 2.26. The van der Waals surface area contributed by atoms with Gasteiger partial charge in [-0.2, -0.15) is 5.26 Å². The third-order valence-electron chi connectivity index (χ3n) is 2.83. The van der Waals surface area contributed by atoms with Gasteiger partial charge in [0, 0.05) is 5.69 Å². The molecule has 1 unspecified atom stereocenters. The molecule has 0 aliphatic heterocycles. The molecule has 0 saturated heterocycles. The van der Waals surface area contributed by atoms with Crippen LogP contribution in [0, 0.1) is 18.3 Å². The van der Waals surface area contributed by atoms with Crippen molar-refractivity contribution in [1.29, 1.82) is 5.26 Å². The Bertz CT molecular complexity index is 768. The van der Waals surface area contributed by atoms with E-state index in [0.717, 1.165) is 0 Å². The van der Waals surface area contributed by atoms with Crippen LogP contribution in [-0.2, 0) is 0 Å². The second-order valence-electron chi connectivity index (χ2n) is 4.29. The minimum absolute atomic E-state index is 0.108. The van der Waals surface area contributed by atoms with Gasteiger partial charge in [-0.1, -0.05) is 12.1 Å². The highest BCUT2D eigenvalue weighted by atomic mass is 35.5. The maximum Gasteiger partial charge on any atom is 0.222 e. The van der Waals surface area contributed by atoms with Crippen molar-refractivity contribution in [2.24, 2.45) is 0 Å². The topological polar surface area (TPSA) is 75.6 Å². The monoisotopic (exact) mass is 284 g/mol. The van der Waals surface area contributed by atoms with E-state index < -0.39 is 5.92 Å². The quantitative estimate of drug-likeness (QED) is 0.675. The van der Waals surface area contributed by atoms with E-state index in [4.69, 9.17) is 16.0 Å². The van der Waals surface area contributed by atoms with E-state index in [1.807, 2.05) is 18.2 Å². The Labute approximate surface area is 119 Å². The molecule has 0 amide bonds. The van der Waals surface area contributed by atoms with Crippen LogP contribution in [0.3, 0.4) is 0 Å². The Morgan fingerprint density at radius 1 is 1.25 bits per heavy atom. The van der Waals surface area contributed by atoms with Gasteiger partial charge in [-0.25, -0.2) is 15.0 Å². The molecule has 2 heterocycles. The molecule has 5 nitrogen and oxygen atoms in total. The SMILES string of the molecule is Cc1cc(C(C#N)c2nc3ccccc3o2)nc(Cl)n1. The molecule has 1 aromatic carbocycles. The van der Waals surface area contributed by atoms with Gasteiger partial charge in [0.05, 0.1) is 11.8 Å². The zero-order valence-corrected chi connectivity index (χ0v) is 11.3. The molecular weight excluding hydrogens is 276 g/mol. The Kier molecular flexibility index (Phi) is 3.09. The summed E-state index contributed by atoms with van der Waals surface area (Å²) in [4.78, 5) is 12.4. The predicted molar refractivity (Wildman–Crippen MR) is 73.2 cm³/mol. The fraction of sp³-hybridized carbons (Fsp3) is 0.143. The first-order chi connectivity index (χ1) is 9.67. The van der Waals surface area contributed by atoms with Crippen molar-refractivity contribution < 1.29 is 4.42 Å². The van der Waals surface area contributed by atoms with E-state index in [9.17, 15) is 5.26 Å². The second-order valence-corrected chi connectivity index (χ2v) is 4.62. The normalized spacial score (nSPS) is 12.2. The van der Waals surface area contributed by atoms with Crippen LogP contribution in [0.2, 0.25) is 5.28 Å². The lowest BCUT2D eigenvalue weighted by molar-refractivity contribution is 0.525. The minimum Gasteiger partial charge on any atom is -0.439 e. The number of benzene rings is 1. The molecule has 2 aromatic heterocycles. The molecule has 3 rings (SSSR count). The number of fused-ring (bicyclic) bond motifs is 1. The first-order valence-electron chi connectivity index (χ1n) is 5.93. The summed E-state index contributed by atoms with van der Waals surface area (Å²) >= 11 is 5.83. The van der Waals surface area contributed by atoms with E-state index in [1.165, 1.54) is 0 Å². The van der Waals surface area contributed by atoms with Gasteiger partial charge in [-0.05, 0) is 36.7 Å². The lowest BCUT2D eigenvalue weighted by atomic mass is 10.1. The molecular formula is C14H9ClN4O. The van der Waals surface area contributed by atoms with Crippen LogP contribution in [0.15, 0.2) is 34.7 Å². The number of nitrogens with zero attached hydrogens (tertiary/aromatic N) is 4. The first kappa shape index (κ1) is 12.6. The predicted octanol–water partition coefficient (Wildman–Crippen LogP) is 3.24. The average molecular weight is 285 g/mol. The Morgan fingerprint density at radius 2 is 2.05 bits per heavy atom. The summed E-state index contributed by atoms with van der Waals surface area (Å²) in [6.07, 6.45) is 0. The molecule has 0 bridgehead atoms. The number of aryl methyl sites for hydroxylation is 1. The van der Waals surface area contributed by atoms with E-state index in [2.05, 4.69) is 21.0 Å². The van der Waals surface area contributed by atoms with Gasteiger partial charge in [0.15, 0.2) is 11.5 Å². The van der Waals surface area contributed by atoms with Gasteiger partial charge in [0.2, 0.25) is 11.2 Å². The Hall–Kier alpha value is -2.45. The van der Waals surface area contributed by atoms with Crippen LogP contribution < -0.4 is 0 Å². The number of rotatable bonds is 2. The molecule has 0 fully saturated rings. The first-order valence-corrected chi connectivity index (χ1v) is 6.31. The van der Waals surface area contributed by atoms with Gasteiger partial charge >= 0.3 is 0 Å². The largest absolute Gasteiger partial charge is 0.439 e. The number of halogens is 1. The smallest absolute Gasteiger partial charge is 0.222 e. The molecule has 3 aromatic rings. The third kappa shape index (κ3) is 2.22. The highest BCUT2D eigenvalue weighted by molar-refractivity contribution is 6.28. The van der Waals surface area contributed by atoms with Crippen molar-refractivity contribution in [3.63, 3.8) is 0 Å².